The fourth-order valence-corrected chi connectivity index (χ4v) is 9.48. The molecule has 0 aliphatic carbocycles. The minimum Gasteiger partial charge on any atom is -0.310 e. The van der Waals surface area contributed by atoms with Crippen LogP contribution in [0.4, 0.5) is 51.2 Å². The van der Waals surface area contributed by atoms with Crippen LogP contribution in [0.15, 0.2) is 237 Å². The van der Waals surface area contributed by atoms with Crippen LogP contribution in [0, 0.1) is 41.5 Å². The summed E-state index contributed by atoms with van der Waals surface area (Å²) in [5.41, 5.74) is 24.4. The number of aryl methyl sites for hydroxylation is 6. The van der Waals surface area contributed by atoms with Gasteiger partial charge in [-0.05, 0) is 236 Å². The highest BCUT2D eigenvalue weighted by Gasteiger charge is 2.18. The van der Waals surface area contributed by atoms with Gasteiger partial charge < -0.3 is 14.7 Å². The second-order valence-electron chi connectivity index (χ2n) is 18.5. The highest BCUT2D eigenvalue weighted by molar-refractivity contribution is 5.86. The Morgan fingerprint density at radius 1 is 0.183 bits per heavy atom. The SMILES string of the molecule is CC.Cc1cccc(N(c2ccc(-c3cc(-c4ccc(N(c5cccc(C)c5)c5cccc(C)c5)cc4)cc(-c4ccc(N(c5cccc(C)c5)c5cccc(C)c5)cc4)c3)cc2)c2cccc(C)c2)c1. The summed E-state index contributed by atoms with van der Waals surface area (Å²) < 4.78 is 0. The van der Waals surface area contributed by atoms with Crippen LogP contribution in [0.2, 0.25) is 0 Å². The molecule has 0 amide bonds. The number of benzene rings is 10. The number of hydrogen-bond donors (Lipinski definition) is 0. The van der Waals surface area contributed by atoms with Gasteiger partial charge in [0.1, 0.15) is 0 Å². The summed E-state index contributed by atoms with van der Waals surface area (Å²) in [6.45, 7) is 16.9. The van der Waals surface area contributed by atoms with Gasteiger partial charge in [0, 0.05) is 51.2 Å². The quantitative estimate of drug-likeness (QED) is 0.121. The van der Waals surface area contributed by atoms with E-state index in [9.17, 15) is 0 Å². The van der Waals surface area contributed by atoms with E-state index < -0.39 is 0 Å². The van der Waals surface area contributed by atoms with E-state index >= 15 is 0 Å². The summed E-state index contributed by atoms with van der Waals surface area (Å²) >= 11 is 0. The highest BCUT2D eigenvalue weighted by atomic mass is 15.2. The molecule has 10 aromatic rings. The summed E-state index contributed by atoms with van der Waals surface area (Å²) in [4.78, 5) is 7.05. The average Bonchev–Trinajstić information content (AvgIpc) is 3.38. The number of nitrogens with zero attached hydrogens (tertiary/aromatic N) is 3. The Bertz CT molecular complexity index is 2890. The number of anilines is 9. The summed E-state index contributed by atoms with van der Waals surface area (Å²) in [5, 5.41) is 0. The van der Waals surface area contributed by atoms with Crippen molar-refractivity contribution in [2.45, 2.75) is 55.4 Å². The van der Waals surface area contributed by atoms with Gasteiger partial charge in [-0.25, -0.2) is 0 Å². The Morgan fingerprint density at radius 3 is 0.535 bits per heavy atom. The summed E-state index contributed by atoms with van der Waals surface area (Å²) in [5.74, 6) is 0. The first-order valence-corrected chi connectivity index (χ1v) is 24.9. The van der Waals surface area contributed by atoms with Gasteiger partial charge in [-0.2, -0.15) is 0 Å². The molecule has 0 spiro atoms. The largest absolute Gasteiger partial charge is 0.310 e. The molecule has 0 aliphatic heterocycles. The second kappa shape index (κ2) is 21.5. The third-order valence-corrected chi connectivity index (χ3v) is 12.9. The molecular weight excluding hydrogens is 859 g/mol. The van der Waals surface area contributed by atoms with Gasteiger partial charge in [0.2, 0.25) is 0 Å². The predicted molar refractivity (Wildman–Crippen MR) is 307 cm³/mol. The van der Waals surface area contributed by atoms with Gasteiger partial charge in [-0.3, -0.25) is 0 Å². The Hall–Kier alpha value is -8.40. The molecule has 0 radical (unpaired) electrons. The van der Waals surface area contributed by atoms with E-state index in [2.05, 4.69) is 293 Å². The Balaban J connectivity index is 0.00000308. The van der Waals surface area contributed by atoms with Crippen molar-refractivity contribution < 1.29 is 0 Å². The zero-order chi connectivity index (χ0) is 49.4. The summed E-state index contributed by atoms with van der Waals surface area (Å²) in [6.07, 6.45) is 0. The predicted octanol–water partition coefficient (Wildman–Crippen LogP) is 20.0. The van der Waals surface area contributed by atoms with Gasteiger partial charge in [-0.15, -0.1) is 0 Å². The minimum absolute atomic E-state index is 1.11. The van der Waals surface area contributed by atoms with E-state index in [4.69, 9.17) is 0 Å². The van der Waals surface area contributed by atoms with Crippen LogP contribution in [-0.4, -0.2) is 0 Å². The van der Waals surface area contributed by atoms with Crippen LogP contribution in [0.25, 0.3) is 33.4 Å². The normalized spacial score (nSPS) is 10.8. The topological polar surface area (TPSA) is 9.72 Å². The molecule has 0 fully saturated rings. The molecule has 0 bridgehead atoms. The van der Waals surface area contributed by atoms with E-state index in [0.29, 0.717) is 0 Å². The van der Waals surface area contributed by atoms with E-state index in [1.807, 2.05) is 13.8 Å². The van der Waals surface area contributed by atoms with Gasteiger partial charge in [0.15, 0.2) is 0 Å². The average molecular weight is 922 g/mol. The minimum atomic E-state index is 1.11. The molecule has 10 aromatic carbocycles. The fourth-order valence-electron chi connectivity index (χ4n) is 9.48. The molecule has 71 heavy (non-hydrogen) atoms. The van der Waals surface area contributed by atoms with Crippen LogP contribution >= 0.6 is 0 Å². The molecule has 350 valence electrons. The van der Waals surface area contributed by atoms with E-state index in [-0.39, 0.29) is 0 Å². The smallest absolute Gasteiger partial charge is 0.0464 e. The van der Waals surface area contributed by atoms with E-state index in [1.165, 1.54) is 33.4 Å². The maximum Gasteiger partial charge on any atom is 0.0464 e. The van der Waals surface area contributed by atoms with Gasteiger partial charge in [0.05, 0.1) is 0 Å². The van der Waals surface area contributed by atoms with Crippen molar-refractivity contribution in [3.05, 3.63) is 270 Å². The standard InChI is InChI=1S/C66H57N3.C2H6/c1-46-13-7-19-61(37-46)67(62-20-8-14-47(2)38-62)58-31-25-52(26-32-58)55-43-56(53-27-33-59(34-28-53)68(63-21-9-15-48(3)39-63)64-22-10-16-49(4)40-64)45-57(44-55)54-29-35-60(36-30-54)69(65-23-11-17-50(5)41-65)66-24-12-18-51(6)42-66;1-2/h7-45H,1-6H3;1-2H3. The molecule has 0 saturated carbocycles. The van der Waals surface area contributed by atoms with Crippen molar-refractivity contribution in [2.75, 3.05) is 14.7 Å². The molecule has 10 rings (SSSR count). The van der Waals surface area contributed by atoms with Crippen LogP contribution in [-0.2, 0) is 0 Å². The van der Waals surface area contributed by atoms with Crippen molar-refractivity contribution in [1.29, 1.82) is 0 Å². The third-order valence-electron chi connectivity index (χ3n) is 12.9. The first-order valence-electron chi connectivity index (χ1n) is 24.9. The Labute approximate surface area is 422 Å². The fraction of sp³-hybridized carbons (Fsp3) is 0.118. The Kier molecular flexibility index (Phi) is 14.4. The lowest BCUT2D eigenvalue weighted by Crippen LogP contribution is -2.10. The molecule has 0 aliphatic rings. The van der Waals surface area contributed by atoms with Gasteiger partial charge in [0.25, 0.3) is 0 Å². The first-order chi connectivity index (χ1) is 34.6. The van der Waals surface area contributed by atoms with Crippen LogP contribution in [0.5, 0.6) is 0 Å². The zero-order valence-corrected chi connectivity index (χ0v) is 42.4. The zero-order valence-electron chi connectivity index (χ0n) is 42.4. The lowest BCUT2D eigenvalue weighted by molar-refractivity contribution is 1.26. The van der Waals surface area contributed by atoms with E-state index in [1.54, 1.807) is 0 Å². The second-order valence-corrected chi connectivity index (χ2v) is 18.5. The monoisotopic (exact) mass is 922 g/mol. The van der Waals surface area contributed by atoms with Crippen molar-refractivity contribution in [3.8, 4) is 33.4 Å². The Morgan fingerprint density at radius 2 is 0.366 bits per heavy atom. The number of hydrogen-bond acceptors (Lipinski definition) is 3. The molecule has 0 saturated heterocycles. The lowest BCUT2D eigenvalue weighted by atomic mass is 9.93. The van der Waals surface area contributed by atoms with Crippen molar-refractivity contribution >= 4 is 51.2 Å². The molecule has 0 atom stereocenters. The molecule has 0 heterocycles. The maximum atomic E-state index is 2.35. The van der Waals surface area contributed by atoms with E-state index in [0.717, 1.165) is 84.6 Å². The first kappa shape index (κ1) is 47.7. The molecule has 0 unspecified atom stereocenters. The van der Waals surface area contributed by atoms with Gasteiger partial charge in [-0.1, -0.05) is 123 Å². The number of rotatable bonds is 12. The molecular formula is C68H63N3. The van der Waals surface area contributed by atoms with Crippen LogP contribution in [0.1, 0.15) is 47.2 Å². The molecule has 0 aromatic heterocycles. The summed E-state index contributed by atoms with van der Waals surface area (Å²) in [6, 6.07) is 86.6. The molecule has 3 nitrogen and oxygen atoms in total. The van der Waals surface area contributed by atoms with Crippen LogP contribution in [0.3, 0.4) is 0 Å². The molecule has 3 heteroatoms. The molecule has 0 N–H and O–H groups in total. The maximum absolute atomic E-state index is 2.35. The van der Waals surface area contributed by atoms with Crippen LogP contribution < -0.4 is 14.7 Å². The lowest BCUT2D eigenvalue weighted by Gasteiger charge is -2.26. The van der Waals surface area contributed by atoms with Crippen molar-refractivity contribution in [3.63, 3.8) is 0 Å². The summed E-state index contributed by atoms with van der Waals surface area (Å²) in [7, 11) is 0. The van der Waals surface area contributed by atoms with Crippen molar-refractivity contribution in [2.24, 2.45) is 0 Å². The van der Waals surface area contributed by atoms with Crippen molar-refractivity contribution in [1.82, 2.24) is 0 Å². The third kappa shape index (κ3) is 10.9. The van der Waals surface area contributed by atoms with Gasteiger partial charge >= 0.3 is 0 Å². The highest BCUT2D eigenvalue weighted by Crippen LogP contribution is 2.42.